The summed E-state index contributed by atoms with van der Waals surface area (Å²) in [5.41, 5.74) is 4.46. The van der Waals surface area contributed by atoms with Gasteiger partial charge in [-0.3, -0.25) is 9.59 Å². The molecule has 0 saturated carbocycles. The standard InChI is InChI=1S/C26H22N2O3/c29-25-24-15-20-8-4-5-9-21(20)16-28(24)26(30)23(27-25)14-18-10-12-22(13-11-18)31-17-19-6-2-1-3-7-19/h1-14,24H,15-17H2,(H,27,29)/t24-/m0/s1. The van der Waals surface area contributed by atoms with Gasteiger partial charge in [-0.05, 0) is 40.5 Å². The summed E-state index contributed by atoms with van der Waals surface area (Å²) in [5, 5.41) is 2.81. The number of nitrogens with one attached hydrogen (secondary N) is 1. The van der Waals surface area contributed by atoms with E-state index in [4.69, 9.17) is 4.74 Å². The molecule has 1 fully saturated rings. The Bertz CT molecular complexity index is 1150. The smallest absolute Gasteiger partial charge is 0.271 e. The van der Waals surface area contributed by atoms with E-state index in [1.54, 1.807) is 11.0 Å². The van der Waals surface area contributed by atoms with E-state index >= 15 is 0 Å². The maximum Gasteiger partial charge on any atom is 0.271 e. The highest BCUT2D eigenvalue weighted by atomic mass is 16.5. The van der Waals surface area contributed by atoms with Gasteiger partial charge >= 0.3 is 0 Å². The minimum absolute atomic E-state index is 0.136. The molecule has 154 valence electrons. The number of fused-ring (bicyclic) bond motifs is 2. The van der Waals surface area contributed by atoms with Crippen molar-refractivity contribution in [1.82, 2.24) is 10.2 Å². The molecule has 2 aliphatic heterocycles. The van der Waals surface area contributed by atoms with Crippen molar-refractivity contribution in [3.8, 4) is 5.75 Å². The normalized spacial score (nSPS) is 18.9. The third-order valence-corrected chi connectivity index (χ3v) is 5.74. The number of ether oxygens (including phenoxy) is 1. The number of carbonyl (C=O) groups excluding carboxylic acids is 2. The van der Waals surface area contributed by atoms with Crippen LogP contribution in [-0.4, -0.2) is 22.8 Å². The van der Waals surface area contributed by atoms with Gasteiger partial charge in [0.1, 0.15) is 24.1 Å². The van der Waals surface area contributed by atoms with Crippen LogP contribution in [0.25, 0.3) is 6.08 Å². The number of nitrogens with zero attached hydrogens (tertiary/aromatic N) is 1. The summed E-state index contributed by atoms with van der Waals surface area (Å²) >= 11 is 0. The highest BCUT2D eigenvalue weighted by Crippen LogP contribution is 2.28. The second-order valence-corrected chi connectivity index (χ2v) is 7.81. The van der Waals surface area contributed by atoms with Crippen molar-refractivity contribution in [2.75, 3.05) is 0 Å². The summed E-state index contributed by atoms with van der Waals surface area (Å²) in [7, 11) is 0. The van der Waals surface area contributed by atoms with Crippen molar-refractivity contribution in [2.45, 2.75) is 25.6 Å². The number of hydrogen-bond donors (Lipinski definition) is 1. The third-order valence-electron chi connectivity index (χ3n) is 5.74. The first-order valence-electron chi connectivity index (χ1n) is 10.3. The average molecular weight is 410 g/mol. The summed E-state index contributed by atoms with van der Waals surface area (Å²) in [5.74, 6) is 0.462. The molecule has 1 atom stereocenters. The Hall–Kier alpha value is -3.86. The second-order valence-electron chi connectivity index (χ2n) is 7.81. The van der Waals surface area contributed by atoms with Crippen LogP contribution in [0.15, 0.2) is 84.6 Å². The number of amides is 2. The molecule has 2 amide bonds. The van der Waals surface area contributed by atoms with Crippen LogP contribution in [0.1, 0.15) is 22.3 Å². The Balaban J connectivity index is 1.31. The van der Waals surface area contributed by atoms with E-state index in [9.17, 15) is 9.59 Å². The molecule has 5 heteroatoms. The molecule has 5 nitrogen and oxygen atoms in total. The molecule has 3 aromatic carbocycles. The Labute approximate surface area is 181 Å². The molecule has 2 aliphatic rings. The SMILES string of the molecule is O=C1NC(=Cc2ccc(OCc3ccccc3)cc2)C(=O)N2Cc3ccccc3C[C@@H]12. The maximum absolute atomic E-state index is 13.1. The Morgan fingerprint density at radius 1 is 0.903 bits per heavy atom. The lowest BCUT2D eigenvalue weighted by molar-refractivity contribution is -0.143. The zero-order valence-electron chi connectivity index (χ0n) is 17.0. The molecule has 31 heavy (non-hydrogen) atoms. The summed E-state index contributed by atoms with van der Waals surface area (Å²) in [4.78, 5) is 27.4. The first-order chi connectivity index (χ1) is 15.2. The molecular weight excluding hydrogens is 388 g/mol. The molecule has 5 rings (SSSR count). The fourth-order valence-corrected chi connectivity index (χ4v) is 4.06. The highest BCUT2D eigenvalue weighted by molar-refractivity contribution is 6.07. The predicted octanol–water partition coefficient (Wildman–Crippen LogP) is 3.69. The molecule has 0 aliphatic carbocycles. The Kier molecular flexibility index (Phi) is 5.00. The minimum atomic E-state index is -0.451. The van der Waals surface area contributed by atoms with Crippen LogP contribution in [-0.2, 0) is 29.2 Å². The Morgan fingerprint density at radius 2 is 1.61 bits per heavy atom. The van der Waals surface area contributed by atoms with Gasteiger partial charge in [0, 0.05) is 13.0 Å². The van der Waals surface area contributed by atoms with Gasteiger partial charge in [-0.25, -0.2) is 0 Å². The van der Waals surface area contributed by atoms with E-state index < -0.39 is 6.04 Å². The summed E-state index contributed by atoms with van der Waals surface area (Å²) in [6, 6.07) is 25.0. The van der Waals surface area contributed by atoms with Crippen molar-refractivity contribution >= 4 is 17.9 Å². The average Bonchev–Trinajstić information content (AvgIpc) is 2.81. The number of benzene rings is 3. The first-order valence-corrected chi connectivity index (χ1v) is 10.3. The van der Waals surface area contributed by atoms with E-state index in [-0.39, 0.29) is 11.8 Å². The van der Waals surface area contributed by atoms with Crippen LogP contribution in [0.4, 0.5) is 0 Å². The van der Waals surface area contributed by atoms with E-state index in [0.29, 0.717) is 25.3 Å². The van der Waals surface area contributed by atoms with Gasteiger partial charge in [-0.1, -0.05) is 66.7 Å². The van der Waals surface area contributed by atoms with E-state index in [1.807, 2.05) is 78.9 Å². The zero-order valence-corrected chi connectivity index (χ0v) is 17.0. The molecule has 2 heterocycles. The quantitative estimate of drug-likeness (QED) is 0.668. The molecule has 1 saturated heterocycles. The van der Waals surface area contributed by atoms with Gasteiger partial charge in [-0.2, -0.15) is 0 Å². The highest BCUT2D eigenvalue weighted by Gasteiger charge is 2.40. The molecule has 0 unspecified atom stereocenters. The lowest BCUT2D eigenvalue weighted by atomic mass is 9.91. The van der Waals surface area contributed by atoms with Gasteiger partial charge in [-0.15, -0.1) is 0 Å². The number of rotatable bonds is 4. The van der Waals surface area contributed by atoms with Crippen molar-refractivity contribution in [2.24, 2.45) is 0 Å². The lowest BCUT2D eigenvalue weighted by Gasteiger charge is -2.39. The molecule has 0 aromatic heterocycles. The van der Waals surface area contributed by atoms with Crippen molar-refractivity contribution in [1.29, 1.82) is 0 Å². The molecular formula is C26H22N2O3. The van der Waals surface area contributed by atoms with Gasteiger partial charge in [0.15, 0.2) is 0 Å². The first kappa shape index (κ1) is 19.1. The Morgan fingerprint density at radius 3 is 2.39 bits per heavy atom. The van der Waals surface area contributed by atoms with Crippen LogP contribution in [0.2, 0.25) is 0 Å². The molecule has 0 bridgehead atoms. The van der Waals surface area contributed by atoms with Crippen molar-refractivity contribution in [3.05, 3.63) is 107 Å². The number of carbonyl (C=O) groups is 2. The topological polar surface area (TPSA) is 58.6 Å². The zero-order chi connectivity index (χ0) is 21.2. The fraction of sp³-hybridized carbons (Fsp3) is 0.154. The van der Waals surface area contributed by atoms with Gasteiger partial charge < -0.3 is 15.0 Å². The van der Waals surface area contributed by atoms with Gasteiger partial charge in [0.25, 0.3) is 5.91 Å². The third kappa shape index (κ3) is 3.94. The van der Waals surface area contributed by atoms with Crippen LogP contribution in [0, 0.1) is 0 Å². The van der Waals surface area contributed by atoms with E-state index in [2.05, 4.69) is 5.32 Å². The van der Waals surface area contributed by atoms with Crippen LogP contribution >= 0.6 is 0 Å². The summed E-state index contributed by atoms with van der Waals surface area (Å²) in [6.45, 7) is 0.949. The van der Waals surface area contributed by atoms with Crippen molar-refractivity contribution in [3.63, 3.8) is 0 Å². The second kappa shape index (κ2) is 8.11. The van der Waals surface area contributed by atoms with Gasteiger partial charge in [0.2, 0.25) is 5.91 Å². The predicted molar refractivity (Wildman–Crippen MR) is 118 cm³/mol. The van der Waals surface area contributed by atoms with E-state index in [1.165, 1.54) is 0 Å². The van der Waals surface area contributed by atoms with Crippen LogP contribution in [0.3, 0.4) is 0 Å². The lowest BCUT2D eigenvalue weighted by Crippen LogP contribution is -2.58. The maximum atomic E-state index is 13.1. The van der Waals surface area contributed by atoms with Crippen LogP contribution < -0.4 is 10.1 Å². The monoisotopic (exact) mass is 410 g/mol. The number of piperazine rings is 1. The fourth-order valence-electron chi connectivity index (χ4n) is 4.06. The minimum Gasteiger partial charge on any atom is -0.489 e. The molecule has 0 spiro atoms. The summed E-state index contributed by atoms with van der Waals surface area (Å²) in [6.07, 6.45) is 2.27. The number of hydrogen-bond acceptors (Lipinski definition) is 3. The molecule has 3 aromatic rings. The van der Waals surface area contributed by atoms with Gasteiger partial charge in [0.05, 0.1) is 0 Å². The summed E-state index contributed by atoms with van der Waals surface area (Å²) < 4.78 is 5.81. The molecule has 1 N–H and O–H groups in total. The van der Waals surface area contributed by atoms with E-state index in [0.717, 1.165) is 28.0 Å². The van der Waals surface area contributed by atoms with Crippen LogP contribution in [0.5, 0.6) is 5.75 Å². The molecule has 0 radical (unpaired) electrons. The largest absolute Gasteiger partial charge is 0.489 e. The van der Waals surface area contributed by atoms with Crippen molar-refractivity contribution < 1.29 is 14.3 Å².